The van der Waals surface area contributed by atoms with E-state index in [1.807, 2.05) is 26.0 Å². The summed E-state index contributed by atoms with van der Waals surface area (Å²) in [7, 11) is 0. The number of aromatic nitrogens is 3. The third kappa shape index (κ3) is 4.16. The van der Waals surface area contributed by atoms with Crippen molar-refractivity contribution in [3.63, 3.8) is 0 Å². The maximum absolute atomic E-state index is 5.40. The van der Waals surface area contributed by atoms with Crippen molar-refractivity contribution in [2.24, 2.45) is 0 Å². The van der Waals surface area contributed by atoms with Gasteiger partial charge in [-0.2, -0.15) is 4.98 Å². The average Bonchev–Trinajstić information content (AvgIpc) is 3.24. The molecule has 6 nitrogen and oxygen atoms in total. The molecule has 1 aliphatic rings. The number of benzene rings is 1. The number of para-hydroxylation sites is 1. The lowest BCUT2D eigenvalue weighted by Crippen LogP contribution is -2.30. The van der Waals surface area contributed by atoms with E-state index >= 15 is 0 Å². The molecule has 3 aromatic rings. The molecule has 0 spiro atoms. The van der Waals surface area contributed by atoms with Gasteiger partial charge in [0.05, 0.1) is 0 Å². The molecule has 0 saturated carbocycles. The van der Waals surface area contributed by atoms with E-state index in [0.29, 0.717) is 5.89 Å². The van der Waals surface area contributed by atoms with Crippen molar-refractivity contribution in [1.82, 2.24) is 15.1 Å². The molecular weight excluding hydrogens is 350 g/mol. The Kier molecular flexibility index (Phi) is 5.55. The van der Waals surface area contributed by atoms with Crippen LogP contribution in [0, 0.1) is 0 Å². The Morgan fingerprint density at radius 1 is 1.11 bits per heavy atom. The smallest absolute Gasteiger partial charge is 0.258 e. The highest BCUT2D eigenvalue weighted by Gasteiger charge is 2.15. The zero-order chi connectivity index (χ0) is 19.3. The summed E-state index contributed by atoms with van der Waals surface area (Å²) in [4.78, 5) is 11.4. The summed E-state index contributed by atoms with van der Waals surface area (Å²) in [5.41, 5.74) is 3.49. The summed E-state index contributed by atoms with van der Waals surface area (Å²) in [5.74, 6) is 2.29. The lowest BCUT2D eigenvalue weighted by atomic mass is 10.1. The molecule has 0 unspecified atom stereocenters. The Hall–Kier alpha value is -2.89. The molecule has 146 valence electrons. The minimum atomic E-state index is 0.239. The standard InChI is InChI=1S/C22H27N5O/c1-16(2)21-25-22(28-26-21)17-10-11-23-20(14-17)24-15-18-8-4-5-9-19(18)27-12-6-3-7-13-27/h4-5,8-11,14,16H,3,6-7,12-13,15H2,1-2H3,(H,23,24). The van der Waals surface area contributed by atoms with Crippen LogP contribution < -0.4 is 10.2 Å². The fourth-order valence-electron chi connectivity index (χ4n) is 3.54. The third-order valence-electron chi connectivity index (χ3n) is 5.11. The molecule has 1 aromatic carbocycles. The van der Waals surface area contributed by atoms with Gasteiger partial charge < -0.3 is 14.7 Å². The van der Waals surface area contributed by atoms with Gasteiger partial charge in [0.15, 0.2) is 5.82 Å². The van der Waals surface area contributed by atoms with E-state index in [0.717, 1.165) is 36.8 Å². The molecule has 0 amide bonds. The van der Waals surface area contributed by atoms with Gasteiger partial charge in [0.2, 0.25) is 0 Å². The lowest BCUT2D eigenvalue weighted by molar-refractivity contribution is 0.419. The van der Waals surface area contributed by atoms with E-state index in [2.05, 4.69) is 49.6 Å². The van der Waals surface area contributed by atoms with Crippen LogP contribution in [0.25, 0.3) is 11.5 Å². The molecule has 3 heterocycles. The fourth-order valence-corrected chi connectivity index (χ4v) is 3.54. The minimum Gasteiger partial charge on any atom is -0.371 e. The molecule has 1 saturated heterocycles. The average molecular weight is 377 g/mol. The Bertz CT molecular complexity index is 915. The molecule has 1 fully saturated rings. The van der Waals surface area contributed by atoms with Gasteiger partial charge in [-0.3, -0.25) is 0 Å². The number of nitrogens with zero attached hydrogens (tertiary/aromatic N) is 4. The normalized spacial score (nSPS) is 14.5. The van der Waals surface area contributed by atoms with Gasteiger partial charge in [0.1, 0.15) is 5.82 Å². The molecule has 1 aliphatic heterocycles. The molecular formula is C22H27N5O. The number of hydrogen-bond acceptors (Lipinski definition) is 6. The number of anilines is 2. The summed E-state index contributed by atoms with van der Waals surface area (Å²) in [5, 5.41) is 7.50. The predicted octanol–water partition coefficient (Wildman–Crippen LogP) is 4.86. The topological polar surface area (TPSA) is 67.1 Å². The summed E-state index contributed by atoms with van der Waals surface area (Å²) < 4.78 is 5.40. The third-order valence-corrected chi connectivity index (χ3v) is 5.11. The maximum Gasteiger partial charge on any atom is 0.258 e. The summed E-state index contributed by atoms with van der Waals surface area (Å²) in [6.45, 7) is 7.10. The molecule has 0 bridgehead atoms. The van der Waals surface area contributed by atoms with Crippen LogP contribution in [0.2, 0.25) is 0 Å². The SMILES string of the molecule is CC(C)c1noc(-c2ccnc(NCc3ccccc3N3CCCCC3)c2)n1. The molecule has 2 aromatic heterocycles. The molecule has 0 atom stereocenters. The monoisotopic (exact) mass is 377 g/mol. The van der Waals surface area contributed by atoms with Crippen LogP contribution in [-0.4, -0.2) is 28.2 Å². The zero-order valence-corrected chi connectivity index (χ0v) is 16.6. The Morgan fingerprint density at radius 3 is 2.71 bits per heavy atom. The summed E-state index contributed by atoms with van der Waals surface area (Å²) in [6, 6.07) is 12.5. The first-order chi connectivity index (χ1) is 13.7. The summed E-state index contributed by atoms with van der Waals surface area (Å²) >= 11 is 0. The second-order valence-electron chi connectivity index (χ2n) is 7.57. The van der Waals surface area contributed by atoms with Crippen molar-refractivity contribution in [1.29, 1.82) is 0 Å². The molecule has 1 N–H and O–H groups in total. The van der Waals surface area contributed by atoms with Crippen LogP contribution in [0.15, 0.2) is 47.1 Å². The first-order valence-electron chi connectivity index (χ1n) is 10.1. The van der Waals surface area contributed by atoms with Crippen LogP contribution in [0.5, 0.6) is 0 Å². The van der Waals surface area contributed by atoms with Gasteiger partial charge in [-0.1, -0.05) is 37.2 Å². The minimum absolute atomic E-state index is 0.239. The van der Waals surface area contributed by atoms with Crippen molar-refractivity contribution < 1.29 is 4.52 Å². The Balaban J connectivity index is 1.48. The summed E-state index contributed by atoms with van der Waals surface area (Å²) in [6.07, 6.45) is 5.65. The van der Waals surface area contributed by atoms with Crippen molar-refractivity contribution in [2.75, 3.05) is 23.3 Å². The zero-order valence-electron chi connectivity index (χ0n) is 16.6. The highest BCUT2D eigenvalue weighted by atomic mass is 16.5. The predicted molar refractivity (Wildman–Crippen MR) is 111 cm³/mol. The van der Waals surface area contributed by atoms with E-state index in [4.69, 9.17) is 4.52 Å². The van der Waals surface area contributed by atoms with Gasteiger partial charge in [0.25, 0.3) is 5.89 Å². The fraction of sp³-hybridized carbons (Fsp3) is 0.409. The number of nitrogens with one attached hydrogen (secondary N) is 1. The van der Waals surface area contributed by atoms with E-state index < -0.39 is 0 Å². The van der Waals surface area contributed by atoms with E-state index in [1.165, 1.54) is 30.5 Å². The molecule has 4 rings (SSSR count). The van der Waals surface area contributed by atoms with Crippen LogP contribution in [-0.2, 0) is 6.54 Å². The van der Waals surface area contributed by atoms with Gasteiger partial charge in [0, 0.05) is 43.0 Å². The molecule has 0 radical (unpaired) electrons. The second-order valence-corrected chi connectivity index (χ2v) is 7.57. The first kappa shape index (κ1) is 18.5. The second kappa shape index (κ2) is 8.42. The van der Waals surface area contributed by atoms with Crippen LogP contribution >= 0.6 is 0 Å². The number of piperidine rings is 1. The van der Waals surface area contributed by atoms with Crippen LogP contribution in [0.4, 0.5) is 11.5 Å². The van der Waals surface area contributed by atoms with Crippen molar-refractivity contribution in [2.45, 2.75) is 45.6 Å². The van der Waals surface area contributed by atoms with Crippen molar-refractivity contribution in [3.8, 4) is 11.5 Å². The highest BCUT2D eigenvalue weighted by molar-refractivity contribution is 5.59. The maximum atomic E-state index is 5.40. The largest absolute Gasteiger partial charge is 0.371 e. The number of pyridine rings is 1. The number of hydrogen-bond donors (Lipinski definition) is 1. The van der Waals surface area contributed by atoms with Gasteiger partial charge in [-0.25, -0.2) is 4.98 Å². The number of rotatable bonds is 6. The highest BCUT2D eigenvalue weighted by Crippen LogP contribution is 2.26. The van der Waals surface area contributed by atoms with E-state index in [-0.39, 0.29) is 5.92 Å². The quantitative estimate of drug-likeness (QED) is 0.662. The molecule has 0 aliphatic carbocycles. The van der Waals surface area contributed by atoms with Crippen LogP contribution in [0.1, 0.15) is 50.4 Å². The van der Waals surface area contributed by atoms with E-state index in [9.17, 15) is 0 Å². The van der Waals surface area contributed by atoms with Gasteiger partial charge in [-0.05, 0) is 43.0 Å². The van der Waals surface area contributed by atoms with Crippen molar-refractivity contribution in [3.05, 3.63) is 54.0 Å². The Labute approximate surface area is 166 Å². The molecule has 6 heteroatoms. The van der Waals surface area contributed by atoms with Crippen molar-refractivity contribution >= 4 is 11.5 Å². The van der Waals surface area contributed by atoms with E-state index in [1.54, 1.807) is 6.20 Å². The first-order valence-corrected chi connectivity index (χ1v) is 10.1. The lowest BCUT2D eigenvalue weighted by Gasteiger charge is -2.30. The van der Waals surface area contributed by atoms with Gasteiger partial charge >= 0.3 is 0 Å². The van der Waals surface area contributed by atoms with Crippen LogP contribution in [0.3, 0.4) is 0 Å². The molecule has 28 heavy (non-hydrogen) atoms. The Morgan fingerprint density at radius 2 is 1.93 bits per heavy atom. The van der Waals surface area contributed by atoms with Gasteiger partial charge in [-0.15, -0.1) is 0 Å².